The van der Waals surface area contributed by atoms with E-state index in [1.54, 1.807) is 6.92 Å². The Morgan fingerprint density at radius 3 is 2.56 bits per heavy atom. The third kappa shape index (κ3) is 2.88. The van der Waals surface area contributed by atoms with Gasteiger partial charge in [0.1, 0.15) is 5.75 Å². The number of amides is 1. The molecule has 2 N–H and O–H groups in total. The quantitative estimate of drug-likeness (QED) is 0.771. The third-order valence-corrected chi connectivity index (χ3v) is 1.91. The van der Waals surface area contributed by atoms with Crippen molar-refractivity contribution in [2.24, 2.45) is 0 Å². The highest BCUT2D eigenvalue weighted by molar-refractivity contribution is 5.90. The molecule has 0 atom stereocenters. The van der Waals surface area contributed by atoms with E-state index in [9.17, 15) is 18.0 Å². The maximum Gasteiger partial charge on any atom is 0.420 e. The van der Waals surface area contributed by atoms with Gasteiger partial charge in [-0.25, -0.2) is 0 Å². The molecule has 88 valence electrons. The highest BCUT2D eigenvalue weighted by atomic mass is 19.4. The van der Waals surface area contributed by atoms with Crippen LogP contribution < -0.4 is 5.32 Å². The van der Waals surface area contributed by atoms with Crippen molar-refractivity contribution in [3.63, 3.8) is 0 Å². The minimum absolute atomic E-state index is 0.0111. The van der Waals surface area contributed by atoms with Crippen LogP contribution in [0, 0.1) is 0 Å². The van der Waals surface area contributed by atoms with Gasteiger partial charge in [0.15, 0.2) is 0 Å². The molecule has 0 unspecified atom stereocenters. The molecule has 1 aromatic rings. The fourth-order valence-corrected chi connectivity index (χ4v) is 1.09. The van der Waals surface area contributed by atoms with Crippen LogP contribution in [0.3, 0.4) is 0 Å². The highest BCUT2D eigenvalue weighted by Gasteiger charge is 2.34. The molecule has 3 nitrogen and oxygen atoms in total. The largest absolute Gasteiger partial charge is 0.507 e. The van der Waals surface area contributed by atoms with Gasteiger partial charge < -0.3 is 10.4 Å². The third-order valence-electron chi connectivity index (χ3n) is 1.91. The summed E-state index contributed by atoms with van der Waals surface area (Å²) >= 11 is 0. The van der Waals surface area contributed by atoms with Crippen molar-refractivity contribution in [1.29, 1.82) is 0 Å². The first-order chi connectivity index (χ1) is 7.34. The lowest BCUT2D eigenvalue weighted by Crippen LogP contribution is -2.11. The van der Waals surface area contributed by atoms with E-state index in [0.29, 0.717) is 6.07 Å². The topological polar surface area (TPSA) is 49.3 Å². The zero-order chi connectivity index (χ0) is 12.3. The standard InChI is InChI=1S/C10H10F3NO2/c1-2-9(16)14-6-3-4-8(15)7(5-6)10(11,12)13/h3-5,15H,2H2,1H3,(H,14,16). The second kappa shape index (κ2) is 4.42. The van der Waals surface area contributed by atoms with Gasteiger partial charge >= 0.3 is 6.18 Å². The number of hydrogen-bond acceptors (Lipinski definition) is 2. The summed E-state index contributed by atoms with van der Waals surface area (Å²) in [5.74, 6) is -1.25. The van der Waals surface area contributed by atoms with Crippen molar-refractivity contribution in [2.75, 3.05) is 5.32 Å². The first kappa shape index (κ1) is 12.4. The van der Waals surface area contributed by atoms with Crippen molar-refractivity contribution < 1.29 is 23.1 Å². The van der Waals surface area contributed by atoms with Gasteiger partial charge in [0, 0.05) is 12.1 Å². The Kier molecular flexibility index (Phi) is 3.41. The smallest absolute Gasteiger partial charge is 0.420 e. The van der Waals surface area contributed by atoms with E-state index in [1.165, 1.54) is 6.07 Å². The molecule has 0 aliphatic rings. The Labute approximate surface area is 89.9 Å². The van der Waals surface area contributed by atoms with Gasteiger partial charge in [-0.2, -0.15) is 13.2 Å². The predicted molar refractivity (Wildman–Crippen MR) is 52.0 cm³/mol. The highest BCUT2D eigenvalue weighted by Crippen LogP contribution is 2.37. The Morgan fingerprint density at radius 1 is 1.44 bits per heavy atom. The first-order valence-corrected chi connectivity index (χ1v) is 4.54. The SMILES string of the molecule is CCC(=O)Nc1ccc(O)c(C(F)(F)F)c1. The summed E-state index contributed by atoms with van der Waals surface area (Å²) in [4.78, 5) is 11.0. The number of carbonyl (C=O) groups excluding carboxylic acids is 1. The molecule has 16 heavy (non-hydrogen) atoms. The Bertz CT molecular complexity index is 402. The zero-order valence-electron chi connectivity index (χ0n) is 8.43. The van der Waals surface area contributed by atoms with Gasteiger partial charge in [0.2, 0.25) is 5.91 Å². The number of hydrogen-bond donors (Lipinski definition) is 2. The second-order valence-electron chi connectivity index (χ2n) is 3.13. The maximum atomic E-state index is 12.4. The number of halogens is 3. The van der Waals surface area contributed by atoms with Crippen LogP contribution in [-0.2, 0) is 11.0 Å². The number of nitrogens with one attached hydrogen (secondary N) is 1. The fourth-order valence-electron chi connectivity index (χ4n) is 1.09. The van der Waals surface area contributed by atoms with Gasteiger partial charge in [-0.15, -0.1) is 0 Å². The van der Waals surface area contributed by atoms with E-state index in [0.717, 1.165) is 6.07 Å². The number of anilines is 1. The molecule has 0 aliphatic carbocycles. The second-order valence-corrected chi connectivity index (χ2v) is 3.13. The van der Waals surface area contributed by atoms with Gasteiger partial charge in [-0.3, -0.25) is 4.79 Å². The van der Waals surface area contributed by atoms with E-state index in [2.05, 4.69) is 5.32 Å². The normalized spacial score (nSPS) is 11.2. The van der Waals surface area contributed by atoms with Crippen LogP contribution in [0.25, 0.3) is 0 Å². The van der Waals surface area contributed by atoms with E-state index < -0.39 is 17.5 Å². The van der Waals surface area contributed by atoms with Crippen molar-refractivity contribution >= 4 is 11.6 Å². The molecular formula is C10H10F3NO2. The summed E-state index contributed by atoms with van der Waals surface area (Å²) in [5, 5.41) is 11.3. The van der Waals surface area contributed by atoms with E-state index >= 15 is 0 Å². The number of aromatic hydroxyl groups is 1. The molecule has 6 heteroatoms. The summed E-state index contributed by atoms with van der Waals surface area (Å²) in [6.07, 6.45) is -4.47. The Morgan fingerprint density at radius 2 is 2.06 bits per heavy atom. The molecule has 0 spiro atoms. The monoisotopic (exact) mass is 233 g/mol. The molecule has 0 bridgehead atoms. The molecule has 0 saturated carbocycles. The van der Waals surface area contributed by atoms with Crippen molar-refractivity contribution in [3.8, 4) is 5.75 Å². The molecule has 1 amide bonds. The van der Waals surface area contributed by atoms with Crippen LogP contribution in [-0.4, -0.2) is 11.0 Å². The van der Waals surface area contributed by atoms with Crippen LogP contribution in [0.2, 0.25) is 0 Å². The lowest BCUT2D eigenvalue weighted by atomic mass is 10.1. The molecule has 0 radical (unpaired) electrons. The average molecular weight is 233 g/mol. The van der Waals surface area contributed by atoms with Crippen LogP contribution >= 0.6 is 0 Å². The van der Waals surface area contributed by atoms with Gasteiger partial charge in [-0.05, 0) is 18.2 Å². The maximum absolute atomic E-state index is 12.4. The van der Waals surface area contributed by atoms with E-state index in [4.69, 9.17) is 5.11 Å². The fraction of sp³-hybridized carbons (Fsp3) is 0.300. The summed E-state index contributed by atoms with van der Waals surface area (Å²) in [5.41, 5.74) is -1.15. The lowest BCUT2D eigenvalue weighted by molar-refractivity contribution is -0.138. The number of phenolic OH excluding ortho intramolecular Hbond substituents is 1. The summed E-state index contributed by atoms with van der Waals surface area (Å²) in [6, 6.07) is 2.80. The van der Waals surface area contributed by atoms with Gasteiger partial charge in [0.05, 0.1) is 5.56 Å². The van der Waals surface area contributed by atoms with Crippen molar-refractivity contribution in [1.82, 2.24) is 0 Å². The van der Waals surface area contributed by atoms with Crippen molar-refractivity contribution in [2.45, 2.75) is 19.5 Å². The molecule has 0 aromatic heterocycles. The minimum Gasteiger partial charge on any atom is -0.507 e. The lowest BCUT2D eigenvalue weighted by Gasteiger charge is -2.11. The zero-order valence-corrected chi connectivity index (χ0v) is 8.43. The molecule has 1 aromatic carbocycles. The number of rotatable bonds is 2. The predicted octanol–water partition coefficient (Wildman–Crippen LogP) is 2.76. The summed E-state index contributed by atoms with van der Waals surface area (Å²) < 4.78 is 37.1. The number of alkyl halides is 3. The average Bonchev–Trinajstić information content (AvgIpc) is 2.19. The Balaban J connectivity index is 3.03. The first-order valence-electron chi connectivity index (χ1n) is 4.54. The van der Waals surface area contributed by atoms with Crippen LogP contribution in [0.5, 0.6) is 5.75 Å². The van der Waals surface area contributed by atoms with Gasteiger partial charge in [0.25, 0.3) is 0 Å². The molecule has 0 heterocycles. The van der Waals surface area contributed by atoms with Crippen LogP contribution in [0.4, 0.5) is 18.9 Å². The molecule has 0 aliphatic heterocycles. The van der Waals surface area contributed by atoms with Crippen LogP contribution in [0.15, 0.2) is 18.2 Å². The number of benzene rings is 1. The van der Waals surface area contributed by atoms with E-state index in [-0.39, 0.29) is 18.0 Å². The van der Waals surface area contributed by atoms with Crippen LogP contribution in [0.1, 0.15) is 18.9 Å². The molecule has 1 rings (SSSR count). The molecule has 0 fully saturated rings. The van der Waals surface area contributed by atoms with E-state index in [1.807, 2.05) is 0 Å². The Hall–Kier alpha value is -1.72. The van der Waals surface area contributed by atoms with Gasteiger partial charge in [-0.1, -0.05) is 6.92 Å². The number of phenols is 1. The summed E-state index contributed by atoms with van der Waals surface area (Å²) in [7, 11) is 0. The minimum atomic E-state index is -4.64. The molecular weight excluding hydrogens is 223 g/mol. The summed E-state index contributed by atoms with van der Waals surface area (Å²) in [6.45, 7) is 1.58. The molecule has 0 saturated heterocycles. The van der Waals surface area contributed by atoms with Crippen molar-refractivity contribution in [3.05, 3.63) is 23.8 Å². The number of carbonyl (C=O) groups is 1.